The molecular weight excluding hydrogens is 282 g/mol. The van der Waals surface area contributed by atoms with Crippen molar-refractivity contribution < 1.29 is 8.42 Å². The second-order valence-electron chi connectivity index (χ2n) is 4.98. The van der Waals surface area contributed by atoms with Gasteiger partial charge in [0.25, 0.3) is 10.0 Å². The summed E-state index contributed by atoms with van der Waals surface area (Å²) in [7, 11) is -3.52. The Labute approximate surface area is 126 Å². The number of nitrogens with zero attached hydrogens (tertiary/aromatic N) is 1. The highest BCUT2D eigenvalue weighted by atomic mass is 32.2. The Morgan fingerprint density at radius 1 is 0.905 bits per heavy atom. The maximum atomic E-state index is 12.6. The number of hydrogen-bond donors (Lipinski definition) is 0. The van der Waals surface area contributed by atoms with Gasteiger partial charge in [0.05, 0.1) is 11.1 Å². The lowest BCUT2D eigenvalue weighted by Crippen LogP contribution is -2.35. The van der Waals surface area contributed by atoms with Gasteiger partial charge in [-0.1, -0.05) is 48.5 Å². The molecule has 0 spiro atoms. The molecule has 0 aliphatic carbocycles. The maximum absolute atomic E-state index is 12.6. The molecule has 0 atom stereocenters. The zero-order valence-corrected chi connectivity index (χ0v) is 13.0. The Morgan fingerprint density at radius 2 is 1.43 bits per heavy atom. The van der Waals surface area contributed by atoms with Crippen molar-refractivity contribution in [2.24, 2.45) is 0 Å². The van der Waals surface area contributed by atoms with Gasteiger partial charge in [0.15, 0.2) is 0 Å². The lowest BCUT2D eigenvalue weighted by molar-refractivity contribution is 0.593. The lowest BCUT2D eigenvalue weighted by Gasteiger charge is -2.26. The molecule has 2 aromatic rings. The van der Waals surface area contributed by atoms with E-state index in [4.69, 9.17) is 0 Å². The van der Waals surface area contributed by atoms with Crippen LogP contribution in [0.2, 0.25) is 0 Å². The standard InChI is InChI=1S/C17H19NO2S/c1-15(2)18(17-11-7-4-8-12-17)21(19,20)14-13-16-9-5-3-6-10-16/h3-15H,1-2H3/b14-13+. The Bertz CT molecular complexity index is 692. The fraction of sp³-hybridized carbons (Fsp3) is 0.176. The van der Waals surface area contributed by atoms with Crippen molar-refractivity contribution >= 4 is 21.8 Å². The van der Waals surface area contributed by atoms with E-state index in [1.165, 1.54) is 9.71 Å². The van der Waals surface area contributed by atoms with Gasteiger partial charge in [-0.2, -0.15) is 0 Å². The number of anilines is 1. The molecule has 2 aromatic carbocycles. The van der Waals surface area contributed by atoms with Crippen LogP contribution in [0.15, 0.2) is 66.1 Å². The first-order valence-corrected chi connectivity index (χ1v) is 8.33. The van der Waals surface area contributed by atoms with Crippen LogP contribution >= 0.6 is 0 Å². The van der Waals surface area contributed by atoms with Crippen LogP contribution in [0.3, 0.4) is 0 Å². The van der Waals surface area contributed by atoms with E-state index in [2.05, 4.69) is 0 Å². The summed E-state index contributed by atoms with van der Waals surface area (Å²) in [6.45, 7) is 3.72. The molecule has 21 heavy (non-hydrogen) atoms. The number of rotatable bonds is 5. The molecule has 0 amide bonds. The molecular formula is C17H19NO2S. The molecule has 0 unspecified atom stereocenters. The highest BCUT2D eigenvalue weighted by Crippen LogP contribution is 2.22. The Morgan fingerprint density at radius 3 is 1.95 bits per heavy atom. The summed E-state index contributed by atoms with van der Waals surface area (Å²) in [6.07, 6.45) is 1.62. The van der Waals surface area contributed by atoms with E-state index < -0.39 is 10.0 Å². The Kier molecular flexibility index (Phi) is 4.81. The molecule has 4 heteroatoms. The van der Waals surface area contributed by atoms with Crippen LogP contribution in [0.25, 0.3) is 6.08 Å². The number of hydrogen-bond acceptors (Lipinski definition) is 2. The molecule has 0 aliphatic heterocycles. The van der Waals surface area contributed by atoms with Crippen molar-refractivity contribution in [2.75, 3.05) is 4.31 Å². The SMILES string of the molecule is CC(C)N(c1ccccc1)S(=O)(=O)/C=C/c1ccccc1. The third-order valence-corrected chi connectivity index (χ3v) is 4.65. The first-order valence-electron chi connectivity index (χ1n) is 6.83. The summed E-state index contributed by atoms with van der Waals surface area (Å²) >= 11 is 0. The Hall–Kier alpha value is -2.07. The van der Waals surface area contributed by atoms with E-state index in [0.29, 0.717) is 5.69 Å². The number of sulfonamides is 1. The molecule has 3 nitrogen and oxygen atoms in total. The molecule has 110 valence electrons. The van der Waals surface area contributed by atoms with E-state index >= 15 is 0 Å². The van der Waals surface area contributed by atoms with Crippen molar-refractivity contribution in [1.29, 1.82) is 0 Å². The van der Waals surface area contributed by atoms with Gasteiger partial charge in [-0.05, 0) is 37.6 Å². The van der Waals surface area contributed by atoms with Crippen LogP contribution in [-0.2, 0) is 10.0 Å². The largest absolute Gasteiger partial charge is 0.264 e. The minimum atomic E-state index is -3.52. The molecule has 0 N–H and O–H groups in total. The molecule has 0 bridgehead atoms. The fourth-order valence-electron chi connectivity index (χ4n) is 2.11. The molecule has 0 fully saturated rings. The molecule has 0 saturated carbocycles. The van der Waals surface area contributed by atoms with Crippen LogP contribution < -0.4 is 4.31 Å². The van der Waals surface area contributed by atoms with Crippen molar-refractivity contribution in [3.05, 3.63) is 71.6 Å². The molecule has 0 heterocycles. The van der Waals surface area contributed by atoms with Crippen LogP contribution in [0.4, 0.5) is 5.69 Å². The molecule has 0 aromatic heterocycles. The molecule has 0 aliphatic rings. The van der Waals surface area contributed by atoms with Gasteiger partial charge in [-0.3, -0.25) is 4.31 Å². The minimum Gasteiger partial charge on any atom is -0.264 e. The van der Waals surface area contributed by atoms with Crippen molar-refractivity contribution in [3.8, 4) is 0 Å². The maximum Gasteiger partial charge on any atom is 0.257 e. The summed E-state index contributed by atoms with van der Waals surface area (Å²) in [5.74, 6) is 0. The molecule has 0 saturated heterocycles. The van der Waals surface area contributed by atoms with E-state index in [0.717, 1.165) is 5.56 Å². The number of para-hydroxylation sites is 1. The van der Waals surface area contributed by atoms with Gasteiger partial charge < -0.3 is 0 Å². The quantitative estimate of drug-likeness (QED) is 0.840. The highest BCUT2D eigenvalue weighted by molar-refractivity contribution is 7.95. The summed E-state index contributed by atoms with van der Waals surface area (Å²) in [4.78, 5) is 0. The lowest BCUT2D eigenvalue weighted by atomic mass is 10.2. The second kappa shape index (κ2) is 6.59. The predicted octanol–water partition coefficient (Wildman–Crippen LogP) is 3.90. The molecule has 2 rings (SSSR count). The van der Waals surface area contributed by atoms with Gasteiger partial charge in [0, 0.05) is 6.04 Å². The minimum absolute atomic E-state index is 0.155. The first-order chi connectivity index (χ1) is 10.0. The van der Waals surface area contributed by atoms with Crippen molar-refractivity contribution in [3.63, 3.8) is 0 Å². The summed E-state index contributed by atoms with van der Waals surface area (Å²) < 4.78 is 26.6. The summed E-state index contributed by atoms with van der Waals surface area (Å²) in [5.41, 5.74) is 1.53. The van der Waals surface area contributed by atoms with Crippen LogP contribution in [-0.4, -0.2) is 14.5 Å². The van der Waals surface area contributed by atoms with Crippen molar-refractivity contribution in [2.45, 2.75) is 19.9 Å². The number of benzene rings is 2. The van der Waals surface area contributed by atoms with Gasteiger partial charge >= 0.3 is 0 Å². The van der Waals surface area contributed by atoms with E-state index in [1.807, 2.05) is 62.4 Å². The predicted molar refractivity (Wildman–Crippen MR) is 88.5 cm³/mol. The zero-order valence-electron chi connectivity index (χ0n) is 12.2. The monoisotopic (exact) mass is 301 g/mol. The normalized spacial score (nSPS) is 12.0. The highest BCUT2D eigenvalue weighted by Gasteiger charge is 2.22. The third-order valence-electron chi connectivity index (χ3n) is 2.99. The first kappa shape index (κ1) is 15.3. The smallest absolute Gasteiger partial charge is 0.257 e. The fourth-order valence-corrected chi connectivity index (χ4v) is 3.57. The second-order valence-corrected chi connectivity index (χ2v) is 6.68. The Balaban J connectivity index is 2.34. The van der Waals surface area contributed by atoms with Crippen LogP contribution in [0.5, 0.6) is 0 Å². The summed E-state index contributed by atoms with van der Waals surface area (Å²) in [5, 5.41) is 1.26. The van der Waals surface area contributed by atoms with E-state index in [9.17, 15) is 8.42 Å². The average molecular weight is 301 g/mol. The van der Waals surface area contributed by atoms with Crippen LogP contribution in [0.1, 0.15) is 19.4 Å². The van der Waals surface area contributed by atoms with Gasteiger partial charge in [-0.25, -0.2) is 8.42 Å². The van der Waals surface area contributed by atoms with Gasteiger partial charge in [0.1, 0.15) is 0 Å². The summed E-state index contributed by atoms with van der Waals surface area (Å²) in [6, 6.07) is 18.4. The van der Waals surface area contributed by atoms with Crippen molar-refractivity contribution in [1.82, 2.24) is 0 Å². The topological polar surface area (TPSA) is 37.4 Å². The van der Waals surface area contributed by atoms with Gasteiger partial charge in [-0.15, -0.1) is 0 Å². The van der Waals surface area contributed by atoms with E-state index in [-0.39, 0.29) is 6.04 Å². The zero-order chi connectivity index (χ0) is 15.3. The average Bonchev–Trinajstić information content (AvgIpc) is 2.47. The molecule has 0 radical (unpaired) electrons. The van der Waals surface area contributed by atoms with E-state index in [1.54, 1.807) is 18.2 Å². The van der Waals surface area contributed by atoms with Gasteiger partial charge in [0.2, 0.25) is 0 Å². The third kappa shape index (κ3) is 3.95. The van der Waals surface area contributed by atoms with Crippen LogP contribution in [0, 0.1) is 0 Å².